The summed E-state index contributed by atoms with van der Waals surface area (Å²) in [5.74, 6) is -2.08. The van der Waals surface area contributed by atoms with Crippen molar-refractivity contribution in [3.8, 4) is 0 Å². The van der Waals surface area contributed by atoms with Crippen molar-refractivity contribution in [2.24, 2.45) is 0 Å². The van der Waals surface area contributed by atoms with Gasteiger partial charge in [0.25, 0.3) is 0 Å². The molecule has 34 heavy (non-hydrogen) atoms. The molecule has 0 aliphatic rings. The molecule has 0 aromatic carbocycles. The molecule has 0 fully saturated rings. The van der Waals surface area contributed by atoms with Crippen LogP contribution in [-0.4, -0.2) is 33.2 Å². The Bertz CT molecular complexity index is 442. The maximum atomic E-state index is 10.3. The number of hydrogen-bond donors (Lipinski definition) is 3. The van der Waals surface area contributed by atoms with Gasteiger partial charge in [0.05, 0.1) is 0 Å². The Hall–Kier alpha value is -1.59. The van der Waals surface area contributed by atoms with E-state index in [4.69, 9.17) is 15.3 Å². The molecule has 0 bridgehead atoms. The fourth-order valence-corrected chi connectivity index (χ4v) is 3.91. The molecule has 0 amide bonds. The van der Waals surface area contributed by atoms with Crippen molar-refractivity contribution >= 4 is 17.9 Å². The van der Waals surface area contributed by atoms with Crippen LogP contribution in [0.1, 0.15) is 161 Å². The van der Waals surface area contributed by atoms with E-state index in [-0.39, 0.29) is 12.8 Å². The van der Waals surface area contributed by atoms with Crippen molar-refractivity contribution in [2.75, 3.05) is 0 Å². The largest absolute Gasteiger partial charge is 0.481 e. The maximum absolute atomic E-state index is 10.3. The minimum atomic E-state index is -0.714. The molecule has 0 saturated heterocycles. The third-order valence-corrected chi connectivity index (χ3v) is 6.03. The fraction of sp³-hybridized carbons (Fsp3) is 0.893. The van der Waals surface area contributed by atoms with Gasteiger partial charge in [-0.3, -0.25) is 14.4 Å². The molecule has 0 unspecified atom stereocenters. The lowest BCUT2D eigenvalue weighted by Crippen LogP contribution is -1.94. The van der Waals surface area contributed by atoms with Gasteiger partial charge in [0.15, 0.2) is 0 Å². The molecule has 0 aliphatic heterocycles. The van der Waals surface area contributed by atoms with Crippen LogP contribution in [0, 0.1) is 0 Å². The molecule has 0 aromatic heterocycles. The van der Waals surface area contributed by atoms with Crippen LogP contribution in [0.4, 0.5) is 0 Å². The smallest absolute Gasteiger partial charge is 0.303 e. The number of carbonyl (C=O) groups is 3. The zero-order chi connectivity index (χ0) is 25.7. The van der Waals surface area contributed by atoms with Crippen LogP contribution in [0.2, 0.25) is 0 Å². The highest BCUT2D eigenvalue weighted by atomic mass is 16.4. The summed E-state index contributed by atoms with van der Waals surface area (Å²) >= 11 is 0. The minimum absolute atomic E-state index is 0.276. The zero-order valence-electron chi connectivity index (χ0n) is 22.0. The van der Waals surface area contributed by atoms with Gasteiger partial charge in [0, 0.05) is 19.3 Å². The molecule has 202 valence electrons. The van der Waals surface area contributed by atoms with E-state index >= 15 is 0 Å². The molecular weight excluding hydrogens is 432 g/mol. The van der Waals surface area contributed by atoms with Crippen LogP contribution in [0.25, 0.3) is 0 Å². The zero-order valence-corrected chi connectivity index (χ0v) is 22.0. The van der Waals surface area contributed by atoms with Gasteiger partial charge < -0.3 is 15.3 Å². The summed E-state index contributed by atoms with van der Waals surface area (Å²) in [7, 11) is 0. The molecule has 0 atom stereocenters. The topological polar surface area (TPSA) is 112 Å². The van der Waals surface area contributed by atoms with E-state index in [1.807, 2.05) is 0 Å². The van der Waals surface area contributed by atoms with Gasteiger partial charge in [-0.05, 0) is 19.3 Å². The second kappa shape index (κ2) is 29.4. The number of hydrogen-bond acceptors (Lipinski definition) is 3. The van der Waals surface area contributed by atoms with Crippen molar-refractivity contribution < 1.29 is 29.7 Å². The highest BCUT2D eigenvalue weighted by Gasteiger charge is 1.99. The Kier molecular flexibility index (Phi) is 29.9. The van der Waals surface area contributed by atoms with Crippen LogP contribution in [0.15, 0.2) is 0 Å². The van der Waals surface area contributed by atoms with Crippen LogP contribution >= 0.6 is 0 Å². The van der Waals surface area contributed by atoms with E-state index in [1.165, 1.54) is 70.6 Å². The van der Waals surface area contributed by atoms with Crippen LogP contribution in [0.3, 0.4) is 0 Å². The summed E-state index contributed by atoms with van der Waals surface area (Å²) in [5, 5.41) is 25.3. The molecule has 3 N–H and O–H groups in total. The van der Waals surface area contributed by atoms with Crippen LogP contribution < -0.4 is 0 Å². The number of rotatable bonds is 25. The van der Waals surface area contributed by atoms with E-state index in [1.54, 1.807) is 0 Å². The third kappa shape index (κ3) is 37.7. The van der Waals surface area contributed by atoms with E-state index in [9.17, 15) is 14.4 Å². The maximum Gasteiger partial charge on any atom is 0.303 e. The lowest BCUT2D eigenvalue weighted by molar-refractivity contribution is -0.138. The van der Waals surface area contributed by atoms with Crippen molar-refractivity contribution in [3.05, 3.63) is 0 Å². The van der Waals surface area contributed by atoms with Crippen molar-refractivity contribution in [2.45, 2.75) is 161 Å². The van der Waals surface area contributed by atoms with Gasteiger partial charge in [-0.25, -0.2) is 0 Å². The predicted molar refractivity (Wildman–Crippen MR) is 139 cm³/mol. The van der Waals surface area contributed by atoms with Gasteiger partial charge in [0.1, 0.15) is 0 Å². The Balaban J connectivity index is 0. The molecule has 0 aromatic rings. The van der Waals surface area contributed by atoms with E-state index < -0.39 is 17.9 Å². The third-order valence-electron chi connectivity index (χ3n) is 6.03. The van der Waals surface area contributed by atoms with Gasteiger partial charge in [0.2, 0.25) is 0 Å². The quantitative estimate of drug-likeness (QED) is 0.111. The number of carboxylic acid groups (broad SMARTS) is 3. The lowest BCUT2D eigenvalue weighted by atomic mass is 10.0. The molecule has 0 saturated carbocycles. The Morgan fingerprint density at radius 2 is 0.529 bits per heavy atom. The van der Waals surface area contributed by atoms with E-state index in [0.29, 0.717) is 6.42 Å². The van der Waals surface area contributed by atoms with E-state index in [0.717, 1.165) is 64.2 Å². The Morgan fingerprint density at radius 3 is 0.706 bits per heavy atom. The molecule has 0 radical (unpaired) electrons. The summed E-state index contributed by atoms with van der Waals surface area (Å²) in [6.07, 6.45) is 25.8. The van der Waals surface area contributed by atoms with Crippen molar-refractivity contribution in [3.63, 3.8) is 0 Å². The molecule has 6 nitrogen and oxygen atoms in total. The summed E-state index contributed by atoms with van der Waals surface area (Å²) in [6, 6.07) is 0. The molecule has 0 aliphatic carbocycles. The summed E-state index contributed by atoms with van der Waals surface area (Å²) in [5.41, 5.74) is 0. The van der Waals surface area contributed by atoms with Gasteiger partial charge >= 0.3 is 17.9 Å². The van der Waals surface area contributed by atoms with Crippen LogP contribution in [-0.2, 0) is 14.4 Å². The number of carboxylic acids is 3. The van der Waals surface area contributed by atoms with Gasteiger partial charge in [-0.15, -0.1) is 0 Å². The van der Waals surface area contributed by atoms with Gasteiger partial charge in [-0.1, -0.05) is 122 Å². The second-order valence-electron chi connectivity index (χ2n) is 9.50. The number of unbranched alkanes of at least 4 members (excludes halogenated alkanes) is 19. The first-order valence-electron chi connectivity index (χ1n) is 14.1. The van der Waals surface area contributed by atoms with Crippen molar-refractivity contribution in [1.82, 2.24) is 0 Å². The lowest BCUT2D eigenvalue weighted by Gasteiger charge is -2.02. The highest BCUT2D eigenvalue weighted by Crippen LogP contribution is 2.13. The predicted octanol–water partition coefficient (Wildman–Crippen LogP) is 8.61. The SMILES string of the molecule is CCCCCCCCCCCCCCCC(=O)O.O=C(O)CCCCCCCCCCC(=O)O. The molecular formula is C28H54O6. The Morgan fingerprint density at radius 1 is 0.353 bits per heavy atom. The standard InChI is InChI=1S/C16H32O2.C12H22O4/c1-2-3-4-5-6-7-8-9-10-11-12-13-14-15-16(17)18;13-11(14)9-7-5-3-1-2-4-6-8-10-12(15)16/h2-15H2,1H3,(H,17,18);1-10H2,(H,13,14)(H,15,16). The first-order chi connectivity index (χ1) is 16.4. The second-order valence-corrected chi connectivity index (χ2v) is 9.50. The highest BCUT2D eigenvalue weighted by molar-refractivity contribution is 5.67. The van der Waals surface area contributed by atoms with E-state index in [2.05, 4.69) is 6.92 Å². The summed E-state index contributed by atoms with van der Waals surface area (Å²) in [4.78, 5) is 30.7. The van der Waals surface area contributed by atoms with Crippen molar-refractivity contribution in [1.29, 1.82) is 0 Å². The molecule has 0 spiro atoms. The van der Waals surface area contributed by atoms with Gasteiger partial charge in [-0.2, -0.15) is 0 Å². The fourth-order valence-electron chi connectivity index (χ4n) is 3.91. The normalized spacial score (nSPS) is 10.5. The molecule has 0 rings (SSSR count). The monoisotopic (exact) mass is 486 g/mol. The first-order valence-corrected chi connectivity index (χ1v) is 14.1. The Labute approximate surface area is 208 Å². The molecule has 6 heteroatoms. The average molecular weight is 487 g/mol. The molecule has 0 heterocycles. The summed E-state index contributed by atoms with van der Waals surface area (Å²) in [6.45, 7) is 2.26. The summed E-state index contributed by atoms with van der Waals surface area (Å²) < 4.78 is 0. The minimum Gasteiger partial charge on any atom is -0.481 e. The number of aliphatic carboxylic acids is 3. The average Bonchev–Trinajstić information content (AvgIpc) is 2.78. The van der Waals surface area contributed by atoms with Crippen LogP contribution in [0.5, 0.6) is 0 Å². The first kappa shape index (κ1) is 34.6.